The quantitative estimate of drug-likeness (QED) is 0.807. The second-order valence-corrected chi connectivity index (χ2v) is 7.98. The van der Waals surface area contributed by atoms with Gasteiger partial charge in [-0.3, -0.25) is 9.78 Å². The second-order valence-electron chi connectivity index (χ2n) is 6.04. The predicted molar refractivity (Wildman–Crippen MR) is 101 cm³/mol. The van der Waals surface area contributed by atoms with Crippen LogP contribution in [0.1, 0.15) is 48.3 Å². The van der Waals surface area contributed by atoms with Crippen molar-refractivity contribution in [3.8, 4) is 0 Å². The number of rotatable bonds is 7. The van der Waals surface area contributed by atoms with Gasteiger partial charge in [-0.15, -0.1) is 0 Å². The summed E-state index contributed by atoms with van der Waals surface area (Å²) in [5.74, 6) is -0.302. The smallest absolute Gasteiger partial charge is 0.252 e. The number of carbonyl (C=O) groups excluding carboxylic acids is 1. The summed E-state index contributed by atoms with van der Waals surface area (Å²) < 4.78 is 26.8. The normalized spacial score (nSPS) is 12.8. The molecule has 1 atom stereocenters. The monoisotopic (exact) mass is 375 g/mol. The van der Waals surface area contributed by atoms with Crippen LogP contribution in [0, 0.1) is 6.92 Å². The second kappa shape index (κ2) is 8.42. The number of carbonyl (C=O) groups is 1. The highest BCUT2D eigenvalue weighted by molar-refractivity contribution is 7.89. The zero-order valence-corrected chi connectivity index (χ0v) is 16.4. The molecular weight excluding hydrogens is 350 g/mol. The number of pyridine rings is 1. The lowest BCUT2D eigenvalue weighted by molar-refractivity contribution is 0.0939. The van der Waals surface area contributed by atoms with E-state index in [0.29, 0.717) is 18.7 Å². The summed E-state index contributed by atoms with van der Waals surface area (Å²) >= 11 is 0. The number of aromatic nitrogens is 1. The average molecular weight is 375 g/mol. The van der Waals surface area contributed by atoms with Crippen LogP contribution in [0.25, 0.3) is 0 Å². The fraction of sp³-hybridized carbons (Fsp3) is 0.368. The van der Waals surface area contributed by atoms with Crippen LogP contribution in [0.15, 0.2) is 47.6 Å². The Labute approximate surface area is 155 Å². The molecule has 0 radical (unpaired) electrons. The van der Waals surface area contributed by atoms with Crippen LogP contribution < -0.4 is 5.32 Å². The average Bonchev–Trinajstić information content (AvgIpc) is 2.63. The maximum Gasteiger partial charge on any atom is 0.252 e. The van der Waals surface area contributed by atoms with Crippen molar-refractivity contribution < 1.29 is 13.2 Å². The minimum absolute atomic E-state index is 0.133. The lowest BCUT2D eigenvalue weighted by Gasteiger charge is -2.20. The van der Waals surface area contributed by atoms with Crippen molar-refractivity contribution >= 4 is 15.9 Å². The molecule has 0 spiro atoms. The molecular formula is C19H25N3O3S. The van der Waals surface area contributed by atoms with Crippen LogP contribution in [-0.4, -0.2) is 36.7 Å². The molecule has 1 aromatic heterocycles. The summed E-state index contributed by atoms with van der Waals surface area (Å²) in [5, 5.41) is 2.91. The Morgan fingerprint density at radius 3 is 2.35 bits per heavy atom. The van der Waals surface area contributed by atoms with E-state index in [1.54, 1.807) is 45.3 Å². The number of hydrogen-bond donors (Lipinski definition) is 1. The van der Waals surface area contributed by atoms with Gasteiger partial charge in [-0.1, -0.05) is 19.9 Å². The van der Waals surface area contributed by atoms with Crippen molar-refractivity contribution in [3.63, 3.8) is 0 Å². The molecule has 0 saturated carbocycles. The first-order valence-electron chi connectivity index (χ1n) is 8.62. The van der Waals surface area contributed by atoms with Crippen molar-refractivity contribution in [2.45, 2.75) is 38.6 Å². The van der Waals surface area contributed by atoms with E-state index < -0.39 is 10.0 Å². The maximum atomic E-state index is 12.7. The van der Waals surface area contributed by atoms with Crippen LogP contribution in [-0.2, 0) is 10.0 Å². The summed E-state index contributed by atoms with van der Waals surface area (Å²) in [7, 11) is -3.61. The van der Waals surface area contributed by atoms with Crippen LogP contribution >= 0.6 is 0 Å². The van der Waals surface area contributed by atoms with Crippen molar-refractivity contribution in [1.29, 1.82) is 0 Å². The van der Waals surface area contributed by atoms with Crippen molar-refractivity contribution in [1.82, 2.24) is 14.6 Å². The van der Waals surface area contributed by atoms with Gasteiger partial charge < -0.3 is 5.32 Å². The summed E-state index contributed by atoms with van der Waals surface area (Å²) in [6.07, 6.45) is 3.33. The third-order valence-corrected chi connectivity index (χ3v) is 6.40. The molecule has 2 rings (SSSR count). The fourth-order valence-corrected chi connectivity index (χ4v) is 4.21. The van der Waals surface area contributed by atoms with Crippen LogP contribution in [0.3, 0.4) is 0 Å². The Morgan fingerprint density at radius 1 is 1.15 bits per heavy atom. The molecule has 0 fully saturated rings. The van der Waals surface area contributed by atoms with Gasteiger partial charge in [0, 0.05) is 31.0 Å². The molecule has 2 aromatic rings. The largest absolute Gasteiger partial charge is 0.346 e. The van der Waals surface area contributed by atoms with E-state index >= 15 is 0 Å². The van der Waals surface area contributed by atoms with Crippen molar-refractivity contribution in [2.75, 3.05) is 13.1 Å². The molecule has 0 bridgehead atoms. The highest BCUT2D eigenvalue weighted by Gasteiger charge is 2.23. The van der Waals surface area contributed by atoms with Gasteiger partial charge in [0.15, 0.2) is 0 Å². The maximum absolute atomic E-state index is 12.7. The molecule has 1 unspecified atom stereocenters. The Morgan fingerprint density at radius 2 is 1.77 bits per heavy atom. The lowest BCUT2D eigenvalue weighted by Crippen LogP contribution is -2.31. The Bertz CT molecular complexity index is 863. The van der Waals surface area contributed by atoms with E-state index in [9.17, 15) is 13.2 Å². The molecule has 0 aliphatic heterocycles. The molecule has 6 nitrogen and oxygen atoms in total. The van der Waals surface area contributed by atoms with Crippen molar-refractivity contribution in [3.05, 3.63) is 59.4 Å². The van der Waals surface area contributed by atoms with Crippen molar-refractivity contribution in [2.24, 2.45) is 0 Å². The summed E-state index contributed by atoms with van der Waals surface area (Å²) in [4.78, 5) is 16.8. The third kappa shape index (κ3) is 4.28. The van der Waals surface area contributed by atoms with E-state index in [1.807, 2.05) is 19.1 Å². The highest BCUT2D eigenvalue weighted by Crippen LogP contribution is 2.20. The number of nitrogens with one attached hydrogen (secondary N) is 1. The van der Waals surface area contributed by atoms with E-state index in [4.69, 9.17) is 0 Å². The van der Waals surface area contributed by atoms with E-state index in [-0.39, 0.29) is 16.8 Å². The number of aryl methyl sites for hydroxylation is 1. The molecule has 140 valence electrons. The van der Waals surface area contributed by atoms with Gasteiger partial charge in [-0.2, -0.15) is 4.31 Å². The number of sulfonamides is 1. The summed E-state index contributed by atoms with van der Waals surface area (Å²) in [6.45, 7) is 8.01. The third-order valence-electron chi connectivity index (χ3n) is 4.35. The van der Waals surface area contributed by atoms with Gasteiger partial charge in [-0.25, -0.2) is 8.42 Å². The lowest BCUT2D eigenvalue weighted by atomic mass is 10.1. The minimum Gasteiger partial charge on any atom is -0.346 e. The first-order valence-corrected chi connectivity index (χ1v) is 10.1. The van der Waals surface area contributed by atoms with Crippen LogP contribution in [0.2, 0.25) is 0 Å². The Balaban J connectivity index is 2.31. The van der Waals surface area contributed by atoms with Crippen LogP contribution in [0.5, 0.6) is 0 Å². The zero-order chi connectivity index (χ0) is 19.3. The summed E-state index contributed by atoms with van der Waals surface area (Å²) in [5.41, 5.74) is 2.01. The molecule has 1 aromatic carbocycles. The molecule has 1 heterocycles. The number of hydrogen-bond acceptors (Lipinski definition) is 4. The van der Waals surface area contributed by atoms with Gasteiger partial charge >= 0.3 is 0 Å². The molecule has 0 saturated heterocycles. The molecule has 0 aliphatic carbocycles. The topological polar surface area (TPSA) is 79.4 Å². The minimum atomic E-state index is -3.61. The Hall–Kier alpha value is -2.25. The standard InChI is InChI=1S/C19H25N3O3S/c1-5-22(6-2)26(24,25)17-8-7-14(3)18(13-17)19(23)21-15(4)16-9-11-20-12-10-16/h7-13,15H,5-6H2,1-4H3,(H,21,23). The molecule has 1 amide bonds. The number of nitrogens with zero attached hydrogens (tertiary/aromatic N) is 2. The van der Waals surface area contributed by atoms with E-state index in [1.165, 1.54) is 10.4 Å². The van der Waals surface area contributed by atoms with Crippen LogP contribution in [0.4, 0.5) is 0 Å². The van der Waals surface area contributed by atoms with Gasteiger partial charge in [-0.05, 0) is 49.2 Å². The number of benzene rings is 1. The van der Waals surface area contributed by atoms with Gasteiger partial charge in [0.2, 0.25) is 10.0 Å². The number of amides is 1. The summed E-state index contributed by atoms with van der Waals surface area (Å²) in [6, 6.07) is 8.12. The molecule has 1 N–H and O–H groups in total. The van der Waals surface area contributed by atoms with Gasteiger partial charge in [0.05, 0.1) is 10.9 Å². The van der Waals surface area contributed by atoms with Gasteiger partial charge in [0.25, 0.3) is 5.91 Å². The fourth-order valence-electron chi connectivity index (χ4n) is 2.73. The first kappa shape index (κ1) is 20.1. The zero-order valence-electron chi connectivity index (χ0n) is 15.6. The SMILES string of the molecule is CCN(CC)S(=O)(=O)c1ccc(C)c(C(=O)NC(C)c2ccncc2)c1. The first-order chi connectivity index (χ1) is 12.3. The van der Waals surface area contributed by atoms with E-state index in [2.05, 4.69) is 10.3 Å². The molecule has 7 heteroatoms. The Kier molecular flexibility index (Phi) is 6.50. The highest BCUT2D eigenvalue weighted by atomic mass is 32.2. The molecule has 26 heavy (non-hydrogen) atoms. The van der Waals surface area contributed by atoms with E-state index in [0.717, 1.165) is 11.1 Å². The predicted octanol–water partition coefficient (Wildman–Crippen LogP) is 2.91. The van der Waals surface area contributed by atoms with Gasteiger partial charge in [0.1, 0.15) is 0 Å². The molecule has 0 aliphatic rings.